The summed E-state index contributed by atoms with van der Waals surface area (Å²) in [5.41, 5.74) is 3.08. The van der Waals surface area contributed by atoms with E-state index in [1.807, 2.05) is 73.6 Å². The molecule has 4 aromatic rings. The van der Waals surface area contributed by atoms with Crippen LogP contribution in [0.3, 0.4) is 0 Å². The van der Waals surface area contributed by atoms with E-state index in [1.54, 1.807) is 29.3 Å². The Labute approximate surface area is 192 Å². The lowest BCUT2D eigenvalue weighted by molar-refractivity contribution is 0.0939. The summed E-state index contributed by atoms with van der Waals surface area (Å²) in [4.78, 5) is 15.2. The predicted octanol–water partition coefficient (Wildman–Crippen LogP) is 4.88. The molecule has 0 fully saturated rings. The molecule has 0 aliphatic heterocycles. The lowest BCUT2D eigenvalue weighted by Gasteiger charge is -2.22. The zero-order valence-electron chi connectivity index (χ0n) is 18.0. The number of nitrogens with zero attached hydrogens (tertiary/aromatic N) is 3. The first-order chi connectivity index (χ1) is 15.5. The van der Waals surface area contributed by atoms with Gasteiger partial charge in [-0.15, -0.1) is 0 Å². The molecule has 1 N–H and O–H groups in total. The van der Waals surface area contributed by atoms with Crippen molar-refractivity contribution in [2.24, 2.45) is 0 Å². The van der Waals surface area contributed by atoms with Crippen molar-refractivity contribution < 1.29 is 9.21 Å². The molecule has 7 heteroatoms. The highest BCUT2D eigenvalue weighted by atomic mass is 35.5. The Balaban J connectivity index is 1.60. The summed E-state index contributed by atoms with van der Waals surface area (Å²) in [6.45, 7) is 0.977. The minimum absolute atomic E-state index is 0.0766. The Bertz CT molecular complexity index is 1150. The molecule has 6 nitrogen and oxygen atoms in total. The SMILES string of the molecule is CN(C)[C@H](CNC(=O)c1cn(Cc2ccccc2)nc1-c1ccc(Cl)cc1)c1ccco1. The fraction of sp³-hybridized carbons (Fsp3) is 0.200. The summed E-state index contributed by atoms with van der Waals surface area (Å²) >= 11 is 6.06. The summed E-state index contributed by atoms with van der Waals surface area (Å²) in [7, 11) is 3.91. The molecule has 4 rings (SSSR count). The smallest absolute Gasteiger partial charge is 0.255 e. The van der Waals surface area contributed by atoms with Crippen LogP contribution < -0.4 is 5.32 Å². The van der Waals surface area contributed by atoms with Crippen LogP contribution in [0.5, 0.6) is 0 Å². The van der Waals surface area contributed by atoms with E-state index in [2.05, 4.69) is 5.32 Å². The van der Waals surface area contributed by atoms with Crippen molar-refractivity contribution in [1.82, 2.24) is 20.0 Å². The maximum Gasteiger partial charge on any atom is 0.255 e. The fourth-order valence-corrected chi connectivity index (χ4v) is 3.69. The van der Waals surface area contributed by atoms with E-state index in [-0.39, 0.29) is 11.9 Å². The maximum absolute atomic E-state index is 13.2. The number of amides is 1. The van der Waals surface area contributed by atoms with E-state index in [0.717, 1.165) is 16.9 Å². The highest BCUT2D eigenvalue weighted by molar-refractivity contribution is 6.30. The molecule has 0 aliphatic rings. The van der Waals surface area contributed by atoms with Crippen molar-refractivity contribution in [2.45, 2.75) is 12.6 Å². The van der Waals surface area contributed by atoms with Crippen LogP contribution >= 0.6 is 11.6 Å². The molecule has 164 valence electrons. The first-order valence-corrected chi connectivity index (χ1v) is 10.7. The topological polar surface area (TPSA) is 63.3 Å². The molecule has 2 heterocycles. The number of nitrogens with one attached hydrogen (secondary N) is 1. The van der Waals surface area contributed by atoms with E-state index in [0.29, 0.717) is 29.4 Å². The zero-order valence-corrected chi connectivity index (χ0v) is 18.8. The van der Waals surface area contributed by atoms with Gasteiger partial charge in [0, 0.05) is 23.3 Å². The first-order valence-electron chi connectivity index (χ1n) is 10.4. The third-order valence-corrected chi connectivity index (χ3v) is 5.51. The van der Waals surface area contributed by atoms with Crippen LogP contribution in [-0.4, -0.2) is 41.2 Å². The molecule has 2 aromatic carbocycles. The second-order valence-corrected chi connectivity index (χ2v) is 8.22. The second kappa shape index (κ2) is 9.85. The Hall–Kier alpha value is -3.35. The van der Waals surface area contributed by atoms with Crippen molar-refractivity contribution in [2.75, 3.05) is 20.6 Å². The van der Waals surface area contributed by atoms with Gasteiger partial charge in [0.1, 0.15) is 11.5 Å². The standard InChI is InChI=1S/C25H25ClN4O2/c1-29(2)22(23-9-6-14-32-23)15-27-25(31)21-17-30(16-18-7-4-3-5-8-18)28-24(21)19-10-12-20(26)13-11-19/h3-14,17,22H,15-16H2,1-2H3,(H,27,31)/t22-/m1/s1. The quantitative estimate of drug-likeness (QED) is 0.417. The molecule has 0 aliphatic carbocycles. The minimum Gasteiger partial charge on any atom is -0.468 e. The van der Waals surface area contributed by atoms with Crippen LogP contribution in [0.25, 0.3) is 11.3 Å². The van der Waals surface area contributed by atoms with Gasteiger partial charge in [0.15, 0.2) is 0 Å². The Kier molecular flexibility index (Phi) is 6.73. The molecule has 0 spiro atoms. The number of hydrogen-bond donors (Lipinski definition) is 1. The number of furan rings is 1. The number of benzene rings is 2. The minimum atomic E-state index is -0.187. The van der Waals surface area contributed by atoms with E-state index in [9.17, 15) is 4.79 Å². The molecular weight excluding hydrogens is 424 g/mol. The van der Waals surface area contributed by atoms with Gasteiger partial charge < -0.3 is 9.73 Å². The van der Waals surface area contributed by atoms with Crippen molar-refractivity contribution in [1.29, 1.82) is 0 Å². The third kappa shape index (κ3) is 5.10. The monoisotopic (exact) mass is 448 g/mol. The average Bonchev–Trinajstić information content (AvgIpc) is 3.45. The molecule has 32 heavy (non-hydrogen) atoms. The van der Waals surface area contributed by atoms with Crippen molar-refractivity contribution in [3.8, 4) is 11.3 Å². The highest BCUT2D eigenvalue weighted by Gasteiger charge is 2.22. The van der Waals surface area contributed by atoms with Gasteiger partial charge in [-0.1, -0.05) is 54.1 Å². The first kappa shape index (κ1) is 21.9. The fourth-order valence-electron chi connectivity index (χ4n) is 3.56. The normalized spacial score (nSPS) is 12.1. The van der Waals surface area contributed by atoms with Gasteiger partial charge >= 0.3 is 0 Å². The van der Waals surface area contributed by atoms with E-state index < -0.39 is 0 Å². The van der Waals surface area contributed by atoms with Crippen molar-refractivity contribution in [3.63, 3.8) is 0 Å². The number of rotatable bonds is 8. The molecule has 0 unspecified atom stereocenters. The number of aromatic nitrogens is 2. The van der Waals surface area contributed by atoms with Crippen molar-refractivity contribution in [3.05, 3.63) is 101 Å². The van der Waals surface area contributed by atoms with Crippen LogP contribution in [0.15, 0.2) is 83.6 Å². The van der Waals surface area contributed by atoms with E-state index in [4.69, 9.17) is 21.1 Å². The molecule has 1 amide bonds. The van der Waals surface area contributed by atoms with Gasteiger partial charge in [-0.05, 0) is 43.9 Å². The number of halogens is 1. The van der Waals surface area contributed by atoms with Gasteiger partial charge in [-0.3, -0.25) is 14.4 Å². The largest absolute Gasteiger partial charge is 0.468 e. The number of hydrogen-bond acceptors (Lipinski definition) is 4. The van der Waals surface area contributed by atoms with Gasteiger partial charge in [0.25, 0.3) is 5.91 Å². The van der Waals surface area contributed by atoms with Crippen molar-refractivity contribution >= 4 is 17.5 Å². The van der Waals surface area contributed by atoms with Crippen LogP contribution in [0.2, 0.25) is 5.02 Å². The lowest BCUT2D eigenvalue weighted by Crippen LogP contribution is -2.34. The lowest BCUT2D eigenvalue weighted by atomic mass is 10.1. The third-order valence-electron chi connectivity index (χ3n) is 5.26. The van der Waals surface area contributed by atoms with E-state index >= 15 is 0 Å². The van der Waals surface area contributed by atoms with Crippen LogP contribution in [0.1, 0.15) is 27.7 Å². The van der Waals surface area contributed by atoms with Gasteiger partial charge in [-0.2, -0.15) is 5.10 Å². The molecule has 0 saturated carbocycles. The summed E-state index contributed by atoms with van der Waals surface area (Å²) in [5.74, 6) is 0.612. The van der Waals surface area contributed by atoms with Gasteiger partial charge in [0.2, 0.25) is 0 Å². The molecule has 0 radical (unpaired) electrons. The van der Waals surface area contributed by atoms with Crippen LogP contribution in [0, 0.1) is 0 Å². The Morgan fingerprint density at radius 3 is 2.50 bits per heavy atom. The summed E-state index contributed by atoms with van der Waals surface area (Å²) in [5, 5.41) is 8.40. The number of carbonyl (C=O) groups excluding carboxylic acids is 1. The second-order valence-electron chi connectivity index (χ2n) is 7.79. The molecular formula is C25H25ClN4O2. The number of likely N-dealkylation sites (N-methyl/N-ethyl adjacent to an activating group) is 1. The maximum atomic E-state index is 13.2. The average molecular weight is 449 g/mol. The summed E-state index contributed by atoms with van der Waals surface area (Å²) in [6, 6.07) is 21.1. The Morgan fingerprint density at radius 1 is 1.09 bits per heavy atom. The molecule has 2 aromatic heterocycles. The van der Waals surface area contributed by atoms with Gasteiger partial charge in [-0.25, -0.2) is 0 Å². The highest BCUT2D eigenvalue weighted by Crippen LogP contribution is 2.25. The molecule has 0 saturated heterocycles. The number of carbonyl (C=O) groups is 1. The molecule has 0 bridgehead atoms. The summed E-state index contributed by atoms with van der Waals surface area (Å²) < 4.78 is 7.34. The summed E-state index contributed by atoms with van der Waals surface area (Å²) in [6.07, 6.45) is 3.43. The predicted molar refractivity (Wildman–Crippen MR) is 126 cm³/mol. The van der Waals surface area contributed by atoms with Gasteiger partial charge in [0.05, 0.1) is 24.4 Å². The molecule has 1 atom stereocenters. The van der Waals surface area contributed by atoms with Crippen LogP contribution in [-0.2, 0) is 6.54 Å². The Morgan fingerprint density at radius 2 is 1.84 bits per heavy atom. The van der Waals surface area contributed by atoms with Crippen LogP contribution in [0.4, 0.5) is 0 Å². The zero-order chi connectivity index (χ0) is 22.5. The van der Waals surface area contributed by atoms with E-state index in [1.165, 1.54) is 0 Å².